The van der Waals surface area contributed by atoms with Gasteiger partial charge in [0.05, 0.1) is 11.0 Å². The third-order valence-electron chi connectivity index (χ3n) is 3.22. The Morgan fingerprint density at radius 2 is 2.15 bits per heavy atom. The summed E-state index contributed by atoms with van der Waals surface area (Å²) in [5, 5.41) is 22.6. The minimum atomic E-state index is -0.553. The lowest BCUT2D eigenvalue weighted by Crippen LogP contribution is -2.39. The van der Waals surface area contributed by atoms with E-state index in [0.717, 1.165) is 0 Å². The second-order valence-electron chi connectivity index (χ2n) is 4.81. The Morgan fingerprint density at radius 1 is 1.45 bits per heavy atom. The number of ether oxygens (including phenoxy) is 1. The first-order valence-corrected chi connectivity index (χ1v) is 6.37. The third-order valence-corrected chi connectivity index (χ3v) is 3.22. The van der Waals surface area contributed by atoms with Gasteiger partial charge in [-0.05, 0) is 24.8 Å². The van der Waals surface area contributed by atoms with E-state index in [1.54, 1.807) is 6.07 Å². The van der Waals surface area contributed by atoms with Gasteiger partial charge in [0.2, 0.25) is 0 Å². The predicted molar refractivity (Wildman–Crippen MR) is 70.3 cm³/mol. The standard InChI is InChI=1S/C13H16N2O5/c16-10-5-9(6-10)7-14-13(17)8-20-12-4-2-1-3-11(12)15(18)19/h1-4,9-10,16H,5-8H2,(H,14,17). The normalized spacial score (nSPS) is 20.9. The third kappa shape index (κ3) is 3.67. The van der Waals surface area contributed by atoms with E-state index in [1.165, 1.54) is 18.2 Å². The number of rotatable bonds is 6. The molecule has 0 bridgehead atoms. The maximum absolute atomic E-state index is 11.6. The number of para-hydroxylation sites is 2. The monoisotopic (exact) mass is 280 g/mol. The fourth-order valence-electron chi connectivity index (χ4n) is 2.05. The van der Waals surface area contributed by atoms with Crippen molar-refractivity contribution in [3.63, 3.8) is 0 Å². The van der Waals surface area contributed by atoms with Crippen molar-refractivity contribution in [1.82, 2.24) is 5.32 Å². The summed E-state index contributed by atoms with van der Waals surface area (Å²) in [5.41, 5.74) is -0.164. The summed E-state index contributed by atoms with van der Waals surface area (Å²) in [6.07, 6.45) is 1.15. The maximum atomic E-state index is 11.6. The summed E-state index contributed by atoms with van der Waals surface area (Å²) in [4.78, 5) is 21.8. The number of aliphatic hydroxyl groups is 1. The van der Waals surface area contributed by atoms with Crippen LogP contribution in [0.15, 0.2) is 24.3 Å². The van der Waals surface area contributed by atoms with Crippen molar-refractivity contribution in [2.24, 2.45) is 5.92 Å². The van der Waals surface area contributed by atoms with Crippen molar-refractivity contribution in [3.8, 4) is 5.75 Å². The van der Waals surface area contributed by atoms with Crippen LogP contribution in [-0.4, -0.2) is 35.2 Å². The van der Waals surface area contributed by atoms with Gasteiger partial charge in [0, 0.05) is 12.6 Å². The molecule has 0 heterocycles. The van der Waals surface area contributed by atoms with Crippen LogP contribution in [0.4, 0.5) is 5.69 Å². The van der Waals surface area contributed by atoms with Crippen molar-refractivity contribution in [2.75, 3.05) is 13.2 Å². The fraction of sp³-hybridized carbons (Fsp3) is 0.462. The van der Waals surface area contributed by atoms with Gasteiger partial charge in [0.25, 0.3) is 5.91 Å². The van der Waals surface area contributed by atoms with Gasteiger partial charge in [0.15, 0.2) is 12.4 Å². The van der Waals surface area contributed by atoms with Gasteiger partial charge in [-0.25, -0.2) is 0 Å². The molecule has 2 N–H and O–H groups in total. The van der Waals surface area contributed by atoms with Crippen LogP contribution in [0.3, 0.4) is 0 Å². The SMILES string of the molecule is O=C(COc1ccccc1[N+](=O)[O-])NCC1CC(O)C1. The minimum absolute atomic E-state index is 0.0757. The van der Waals surface area contributed by atoms with Crippen LogP contribution >= 0.6 is 0 Å². The summed E-state index contributed by atoms with van der Waals surface area (Å²) < 4.78 is 5.16. The molecule has 1 aliphatic carbocycles. The van der Waals surface area contributed by atoms with Gasteiger partial charge in [-0.2, -0.15) is 0 Å². The summed E-state index contributed by atoms with van der Waals surface area (Å²) >= 11 is 0. The van der Waals surface area contributed by atoms with Gasteiger partial charge in [0.1, 0.15) is 0 Å². The Bertz CT molecular complexity index is 499. The maximum Gasteiger partial charge on any atom is 0.310 e. The second kappa shape index (κ2) is 6.33. The number of carbonyl (C=O) groups excluding carboxylic acids is 1. The summed E-state index contributed by atoms with van der Waals surface area (Å²) in [5.74, 6) is 0.0521. The molecule has 1 aromatic carbocycles. The quantitative estimate of drug-likeness (QED) is 0.594. The van der Waals surface area contributed by atoms with Crippen molar-refractivity contribution >= 4 is 11.6 Å². The molecular weight excluding hydrogens is 264 g/mol. The van der Waals surface area contributed by atoms with Crippen LogP contribution in [0.1, 0.15) is 12.8 Å². The van der Waals surface area contributed by atoms with Crippen LogP contribution in [0.25, 0.3) is 0 Å². The number of hydrogen-bond acceptors (Lipinski definition) is 5. The zero-order valence-corrected chi connectivity index (χ0v) is 10.8. The number of hydrogen-bond donors (Lipinski definition) is 2. The molecule has 1 aromatic rings. The Balaban J connectivity index is 1.77. The Morgan fingerprint density at radius 3 is 2.80 bits per heavy atom. The lowest BCUT2D eigenvalue weighted by molar-refractivity contribution is -0.385. The molecule has 20 heavy (non-hydrogen) atoms. The van der Waals surface area contributed by atoms with E-state index < -0.39 is 4.92 Å². The van der Waals surface area contributed by atoms with E-state index >= 15 is 0 Å². The van der Waals surface area contributed by atoms with Crippen LogP contribution in [0, 0.1) is 16.0 Å². The number of nitrogens with zero attached hydrogens (tertiary/aromatic N) is 1. The van der Waals surface area contributed by atoms with Crippen LogP contribution in [-0.2, 0) is 4.79 Å². The van der Waals surface area contributed by atoms with E-state index in [-0.39, 0.29) is 30.1 Å². The highest BCUT2D eigenvalue weighted by molar-refractivity contribution is 5.77. The van der Waals surface area contributed by atoms with Gasteiger partial charge >= 0.3 is 5.69 Å². The van der Waals surface area contributed by atoms with E-state index in [4.69, 9.17) is 9.84 Å². The molecule has 1 fully saturated rings. The predicted octanol–water partition coefficient (Wildman–Crippen LogP) is 0.861. The zero-order chi connectivity index (χ0) is 14.5. The van der Waals surface area contributed by atoms with Crippen molar-refractivity contribution < 1.29 is 19.6 Å². The van der Waals surface area contributed by atoms with Crippen molar-refractivity contribution in [1.29, 1.82) is 0 Å². The van der Waals surface area contributed by atoms with Crippen molar-refractivity contribution in [3.05, 3.63) is 34.4 Å². The number of nitro groups is 1. The number of nitrogens with one attached hydrogen (secondary N) is 1. The molecule has 0 spiro atoms. The van der Waals surface area contributed by atoms with Gasteiger partial charge in [-0.3, -0.25) is 14.9 Å². The number of carbonyl (C=O) groups is 1. The number of amides is 1. The molecule has 2 rings (SSSR count). The highest BCUT2D eigenvalue weighted by Crippen LogP contribution is 2.26. The topological polar surface area (TPSA) is 102 Å². The van der Waals surface area contributed by atoms with E-state index in [9.17, 15) is 14.9 Å². The summed E-state index contributed by atoms with van der Waals surface area (Å²) in [6, 6.07) is 5.92. The second-order valence-corrected chi connectivity index (χ2v) is 4.81. The molecular formula is C13H16N2O5. The summed E-state index contributed by atoms with van der Waals surface area (Å²) in [7, 11) is 0. The molecule has 1 aliphatic rings. The molecule has 0 aliphatic heterocycles. The molecule has 0 atom stereocenters. The first kappa shape index (κ1) is 14.3. The Labute approximate surface area is 115 Å². The minimum Gasteiger partial charge on any atom is -0.477 e. The Hall–Kier alpha value is -2.15. The molecule has 0 aromatic heterocycles. The average molecular weight is 280 g/mol. The molecule has 7 nitrogen and oxygen atoms in total. The zero-order valence-electron chi connectivity index (χ0n) is 10.8. The number of benzene rings is 1. The van der Waals surface area contributed by atoms with E-state index in [2.05, 4.69) is 5.32 Å². The smallest absolute Gasteiger partial charge is 0.310 e. The van der Waals surface area contributed by atoms with Gasteiger partial charge in [-0.1, -0.05) is 12.1 Å². The van der Waals surface area contributed by atoms with Crippen LogP contribution in [0.2, 0.25) is 0 Å². The fourth-order valence-corrected chi connectivity index (χ4v) is 2.05. The molecule has 0 saturated heterocycles. The first-order chi connectivity index (χ1) is 9.56. The molecule has 1 saturated carbocycles. The van der Waals surface area contributed by atoms with Crippen LogP contribution < -0.4 is 10.1 Å². The van der Waals surface area contributed by atoms with Crippen molar-refractivity contribution in [2.45, 2.75) is 18.9 Å². The lowest BCUT2D eigenvalue weighted by Gasteiger charge is -2.31. The first-order valence-electron chi connectivity index (χ1n) is 6.37. The molecule has 108 valence electrons. The highest BCUT2D eigenvalue weighted by atomic mass is 16.6. The van der Waals surface area contributed by atoms with Gasteiger partial charge in [-0.15, -0.1) is 0 Å². The average Bonchev–Trinajstić information content (AvgIpc) is 2.40. The van der Waals surface area contributed by atoms with E-state index in [0.29, 0.717) is 25.3 Å². The number of aliphatic hydroxyl groups excluding tert-OH is 1. The molecule has 0 radical (unpaired) electrons. The molecule has 1 amide bonds. The van der Waals surface area contributed by atoms with Crippen LogP contribution in [0.5, 0.6) is 5.75 Å². The largest absolute Gasteiger partial charge is 0.477 e. The Kier molecular flexibility index (Phi) is 4.52. The molecule has 7 heteroatoms. The highest BCUT2D eigenvalue weighted by Gasteiger charge is 2.27. The molecule has 0 unspecified atom stereocenters. The van der Waals surface area contributed by atoms with E-state index in [1.807, 2.05) is 0 Å². The van der Waals surface area contributed by atoms with Gasteiger partial charge < -0.3 is 15.2 Å². The lowest BCUT2D eigenvalue weighted by atomic mass is 9.82. The summed E-state index contributed by atoms with van der Waals surface area (Å²) in [6.45, 7) is 0.232. The number of nitro benzene ring substituents is 1.